The van der Waals surface area contributed by atoms with Crippen LogP contribution in [-0.2, 0) is 12.8 Å². The second-order valence-electron chi connectivity index (χ2n) is 6.75. The summed E-state index contributed by atoms with van der Waals surface area (Å²) in [5.74, 6) is 0. The molecule has 4 aromatic carbocycles. The molecule has 0 N–H and O–H groups in total. The fourth-order valence-corrected chi connectivity index (χ4v) is 4.00. The van der Waals surface area contributed by atoms with Crippen LogP contribution in [0.25, 0.3) is 32.7 Å². The van der Waals surface area contributed by atoms with E-state index < -0.39 is 0 Å². The molecule has 0 amide bonds. The Balaban J connectivity index is 2.17. The SMILES string of the molecule is CCCc1ccc2ccccc2c1-c1c(CC)ccc2ccccc12. The Morgan fingerprint density at radius 1 is 0.560 bits per heavy atom. The van der Waals surface area contributed by atoms with Gasteiger partial charge in [-0.3, -0.25) is 0 Å². The number of benzene rings is 4. The van der Waals surface area contributed by atoms with Gasteiger partial charge in [0.15, 0.2) is 0 Å². The van der Waals surface area contributed by atoms with Gasteiger partial charge in [-0.2, -0.15) is 0 Å². The van der Waals surface area contributed by atoms with Gasteiger partial charge in [-0.25, -0.2) is 0 Å². The zero-order chi connectivity index (χ0) is 17.2. The average molecular weight is 324 g/mol. The lowest BCUT2D eigenvalue weighted by Gasteiger charge is -2.18. The molecule has 0 saturated heterocycles. The largest absolute Gasteiger partial charge is 0.0651 e. The van der Waals surface area contributed by atoms with Crippen LogP contribution < -0.4 is 0 Å². The van der Waals surface area contributed by atoms with Crippen molar-refractivity contribution in [2.24, 2.45) is 0 Å². The summed E-state index contributed by atoms with van der Waals surface area (Å²) in [5.41, 5.74) is 5.77. The lowest BCUT2D eigenvalue weighted by atomic mass is 9.85. The first-order valence-corrected chi connectivity index (χ1v) is 9.35. The van der Waals surface area contributed by atoms with Crippen molar-refractivity contribution in [1.82, 2.24) is 0 Å². The molecule has 0 saturated carbocycles. The fraction of sp³-hybridized carbons (Fsp3) is 0.200. The first-order chi connectivity index (χ1) is 12.3. The van der Waals surface area contributed by atoms with Gasteiger partial charge in [0.05, 0.1) is 0 Å². The topological polar surface area (TPSA) is 0 Å². The summed E-state index contributed by atoms with van der Waals surface area (Å²) < 4.78 is 0. The molecular weight excluding hydrogens is 300 g/mol. The lowest BCUT2D eigenvalue weighted by Crippen LogP contribution is -1.96. The van der Waals surface area contributed by atoms with Gasteiger partial charge in [-0.1, -0.05) is 93.1 Å². The molecule has 0 aliphatic carbocycles. The molecule has 0 aliphatic rings. The lowest BCUT2D eigenvalue weighted by molar-refractivity contribution is 0.925. The van der Waals surface area contributed by atoms with E-state index in [9.17, 15) is 0 Å². The monoisotopic (exact) mass is 324 g/mol. The molecule has 0 aliphatic heterocycles. The predicted molar refractivity (Wildman–Crippen MR) is 110 cm³/mol. The minimum atomic E-state index is 1.05. The highest BCUT2D eigenvalue weighted by atomic mass is 14.2. The van der Waals surface area contributed by atoms with E-state index in [1.165, 1.54) is 43.8 Å². The maximum absolute atomic E-state index is 2.34. The van der Waals surface area contributed by atoms with Gasteiger partial charge in [-0.05, 0) is 56.6 Å². The van der Waals surface area contributed by atoms with Crippen LogP contribution in [0.15, 0.2) is 72.8 Å². The van der Waals surface area contributed by atoms with Crippen molar-refractivity contribution in [2.75, 3.05) is 0 Å². The van der Waals surface area contributed by atoms with Gasteiger partial charge in [0.1, 0.15) is 0 Å². The number of hydrogen-bond acceptors (Lipinski definition) is 0. The van der Waals surface area contributed by atoms with Crippen LogP contribution in [0.3, 0.4) is 0 Å². The van der Waals surface area contributed by atoms with Crippen molar-refractivity contribution in [3.8, 4) is 11.1 Å². The molecule has 0 nitrogen and oxygen atoms in total. The van der Waals surface area contributed by atoms with Gasteiger partial charge >= 0.3 is 0 Å². The molecule has 0 fully saturated rings. The van der Waals surface area contributed by atoms with E-state index in [0.29, 0.717) is 0 Å². The Kier molecular flexibility index (Phi) is 4.28. The summed E-state index contributed by atoms with van der Waals surface area (Å²) in [7, 11) is 0. The summed E-state index contributed by atoms with van der Waals surface area (Å²) in [4.78, 5) is 0. The third kappa shape index (κ3) is 2.72. The second kappa shape index (κ2) is 6.72. The maximum atomic E-state index is 2.34. The molecule has 25 heavy (non-hydrogen) atoms. The first kappa shape index (κ1) is 15.9. The highest BCUT2D eigenvalue weighted by molar-refractivity contribution is 6.07. The Morgan fingerprint density at radius 2 is 1.08 bits per heavy atom. The van der Waals surface area contributed by atoms with Gasteiger partial charge in [0.25, 0.3) is 0 Å². The molecule has 0 aromatic heterocycles. The molecular formula is C25H24. The van der Waals surface area contributed by atoms with Crippen molar-refractivity contribution in [2.45, 2.75) is 33.1 Å². The minimum absolute atomic E-state index is 1.05. The quantitative estimate of drug-likeness (QED) is 0.373. The zero-order valence-electron chi connectivity index (χ0n) is 15.0. The molecule has 0 spiro atoms. The summed E-state index contributed by atoms with van der Waals surface area (Å²) in [6.07, 6.45) is 3.33. The van der Waals surface area contributed by atoms with E-state index in [1.54, 1.807) is 0 Å². The highest BCUT2D eigenvalue weighted by Gasteiger charge is 2.15. The molecule has 0 heteroatoms. The van der Waals surface area contributed by atoms with Crippen molar-refractivity contribution < 1.29 is 0 Å². The van der Waals surface area contributed by atoms with Crippen LogP contribution in [0.1, 0.15) is 31.4 Å². The normalized spacial score (nSPS) is 11.3. The Bertz CT molecular complexity index is 1040. The van der Waals surface area contributed by atoms with E-state index in [-0.39, 0.29) is 0 Å². The van der Waals surface area contributed by atoms with Crippen LogP contribution in [-0.4, -0.2) is 0 Å². The van der Waals surface area contributed by atoms with Crippen molar-refractivity contribution >= 4 is 21.5 Å². The smallest absolute Gasteiger partial charge is 0.00643 e. The Hall–Kier alpha value is -2.60. The van der Waals surface area contributed by atoms with E-state index in [4.69, 9.17) is 0 Å². The van der Waals surface area contributed by atoms with E-state index in [0.717, 1.165) is 19.3 Å². The molecule has 4 rings (SSSR count). The number of aryl methyl sites for hydroxylation is 2. The summed E-state index contributed by atoms with van der Waals surface area (Å²) in [6, 6.07) is 26.8. The van der Waals surface area contributed by atoms with Crippen LogP contribution in [0.4, 0.5) is 0 Å². The first-order valence-electron chi connectivity index (χ1n) is 9.35. The summed E-state index contributed by atoms with van der Waals surface area (Å²) in [6.45, 7) is 4.53. The third-order valence-corrected chi connectivity index (χ3v) is 5.18. The highest BCUT2D eigenvalue weighted by Crippen LogP contribution is 2.39. The molecule has 0 unspecified atom stereocenters. The summed E-state index contributed by atoms with van der Waals surface area (Å²) >= 11 is 0. The van der Waals surface area contributed by atoms with Crippen LogP contribution in [0, 0.1) is 0 Å². The number of fused-ring (bicyclic) bond motifs is 2. The van der Waals surface area contributed by atoms with Gasteiger partial charge in [0, 0.05) is 0 Å². The van der Waals surface area contributed by atoms with Crippen LogP contribution >= 0.6 is 0 Å². The molecule has 0 bridgehead atoms. The van der Waals surface area contributed by atoms with Gasteiger partial charge in [-0.15, -0.1) is 0 Å². The Morgan fingerprint density at radius 3 is 1.64 bits per heavy atom. The average Bonchev–Trinajstić information content (AvgIpc) is 2.67. The van der Waals surface area contributed by atoms with E-state index in [2.05, 4.69) is 86.6 Å². The summed E-state index contributed by atoms with van der Waals surface area (Å²) in [5, 5.41) is 5.40. The molecule has 4 aromatic rings. The van der Waals surface area contributed by atoms with Crippen LogP contribution in [0.5, 0.6) is 0 Å². The molecule has 0 heterocycles. The second-order valence-corrected chi connectivity index (χ2v) is 6.75. The van der Waals surface area contributed by atoms with E-state index >= 15 is 0 Å². The molecule has 124 valence electrons. The Labute approximate surface area is 150 Å². The number of hydrogen-bond donors (Lipinski definition) is 0. The van der Waals surface area contributed by atoms with Gasteiger partial charge < -0.3 is 0 Å². The van der Waals surface area contributed by atoms with E-state index in [1.807, 2.05) is 0 Å². The minimum Gasteiger partial charge on any atom is -0.0651 e. The predicted octanol–water partition coefficient (Wildman–Crippen LogP) is 7.17. The van der Waals surface area contributed by atoms with Crippen molar-refractivity contribution in [3.63, 3.8) is 0 Å². The maximum Gasteiger partial charge on any atom is -0.00643 e. The molecule has 0 radical (unpaired) electrons. The van der Waals surface area contributed by atoms with Crippen molar-refractivity contribution in [1.29, 1.82) is 0 Å². The number of rotatable bonds is 4. The van der Waals surface area contributed by atoms with Crippen LogP contribution in [0.2, 0.25) is 0 Å². The standard InChI is InChI=1S/C25H24/c1-3-9-21-17-16-20-11-6-8-13-23(20)25(21)24-18(4-2)14-15-19-10-5-7-12-22(19)24/h5-8,10-17H,3-4,9H2,1-2H3. The molecule has 0 atom stereocenters. The zero-order valence-corrected chi connectivity index (χ0v) is 15.0. The fourth-order valence-electron chi connectivity index (χ4n) is 4.00. The van der Waals surface area contributed by atoms with Crippen molar-refractivity contribution in [3.05, 3.63) is 83.9 Å². The van der Waals surface area contributed by atoms with Gasteiger partial charge in [0.2, 0.25) is 0 Å². The third-order valence-electron chi connectivity index (χ3n) is 5.18.